The Bertz CT molecular complexity index is 187. The van der Waals surface area contributed by atoms with Gasteiger partial charge in [0.25, 0.3) is 0 Å². The van der Waals surface area contributed by atoms with Crippen molar-refractivity contribution in [3.63, 3.8) is 0 Å². The van der Waals surface area contributed by atoms with Crippen LogP contribution in [0, 0.1) is 5.92 Å². The van der Waals surface area contributed by atoms with Gasteiger partial charge in [-0.1, -0.05) is 26.7 Å². The first-order valence-electron chi connectivity index (χ1n) is 7.36. The Morgan fingerprint density at radius 3 is 2.71 bits per heavy atom. The first-order valence-corrected chi connectivity index (χ1v) is 7.36. The standard InChI is InChI=1S/C14H30N2O/c1-3-5-7-13-10-14(15-8-6-9-17)12-16(4-2)11-13/h13-15,17H,3-12H2,1-2H3. The molecule has 0 radical (unpaired) electrons. The Morgan fingerprint density at radius 1 is 1.24 bits per heavy atom. The average Bonchev–Trinajstić information content (AvgIpc) is 2.36. The van der Waals surface area contributed by atoms with Gasteiger partial charge >= 0.3 is 0 Å². The molecule has 0 aromatic heterocycles. The third kappa shape index (κ3) is 5.84. The molecule has 1 heterocycles. The van der Waals surface area contributed by atoms with Gasteiger partial charge in [0, 0.05) is 25.7 Å². The summed E-state index contributed by atoms with van der Waals surface area (Å²) < 4.78 is 0. The molecule has 1 aliphatic heterocycles. The van der Waals surface area contributed by atoms with Crippen LogP contribution in [0.25, 0.3) is 0 Å². The fraction of sp³-hybridized carbons (Fsp3) is 1.00. The molecule has 1 fully saturated rings. The molecular formula is C14H30N2O. The van der Waals surface area contributed by atoms with Gasteiger partial charge in [-0.3, -0.25) is 0 Å². The van der Waals surface area contributed by atoms with E-state index in [4.69, 9.17) is 5.11 Å². The molecule has 17 heavy (non-hydrogen) atoms. The smallest absolute Gasteiger partial charge is 0.0443 e. The number of nitrogens with one attached hydrogen (secondary N) is 1. The normalized spacial score (nSPS) is 26.3. The van der Waals surface area contributed by atoms with E-state index in [0.717, 1.165) is 18.9 Å². The summed E-state index contributed by atoms with van der Waals surface area (Å²) in [6.45, 7) is 9.43. The molecule has 0 spiro atoms. The van der Waals surface area contributed by atoms with Gasteiger partial charge in [0.15, 0.2) is 0 Å². The summed E-state index contributed by atoms with van der Waals surface area (Å²) in [5, 5.41) is 12.4. The van der Waals surface area contributed by atoms with Crippen LogP contribution >= 0.6 is 0 Å². The monoisotopic (exact) mass is 242 g/mol. The summed E-state index contributed by atoms with van der Waals surface area (Å²) in [5.74, 6) is 0.871. The summed E-state index contributed by atoms with van der Waals surface area (Å²) >= 11 is 0. The highest BCUT2D eigenvalue weighted by Crippen LogP contribution is 2.21. The number of hydrogen-bond donors (Lipinski definition) is 2. The lowest BCUT2D eigenvalue weighted by Crippen LogP contribution is -2.49. The van der Waals surface area contributed by atoms with Crippen molar-refractivity contribution >= 4 is 0 Å². The third-order valence-electron chi connectivity index (χ3n) is 3.79. The highest BCUT2D eigenvalue weighted by atomic mass is 16.3. The second-order valence-electron chi connectivity index (χ2n) is 5.32. The van der Waals surface area contributed by atoms with Gasteiger partial charge in [0.2, 0.25) is 0 Å². The second kappa shape index (κ2) is 8.90. The first kappa shape index (κ1) is 14.9. The molecule has 3 nitrogen and oxygen atoms in total. The summed E-state index contributed by atoms with van der Waals surface area (Å²) in [6, 6.07) is 0.636. The molecule has 3 heteroatoms. The van der Waals surface area contributed by atoms with Crippen molar-refractivity contribution in [1.82, 2.24) is 10.2 Å². The van der Waals surface area contributed by atoms with Crippen molar-refractivity contribution in [3.8, 4) is 0 Å². The van der Waals surface area contributed by atoms with Gasteiger partial charge in [0.05, 0.1) is 0 Å². The molecular weight excluding hydrogens is 212 g/mol. The zero-order chi connectivity index (χ0) is 12.5. The minimum absolute atomic E-state index is 0.302. The number of likely N-dealkylation sites (N-methyl/N-ethyl adjacent to an activating group) is 1. The van der Waals surface area contributed by atoms with Crippen LogP contribution < -0.4 is 5.32 Å². The van der Waals surface area contributed by atoms with Gasteiger partial charge in [-0.15, -0.1) is 0 Å². The van der Waals surface area contributed by atoms with Crippen molar-refractivity contribution in [2.75, 3.05) is 32.8 Å². The van der Waals surface area contributed by atoms with Crippen molar-refractivity contribution in [2.24, 2.45) is 5.92 Å². The molecule has 0 saturated carbocycles. The topological polar surface area (TPSA) is 35.5 Å². The predicted molar refractivity (Wildman–Crippen MR) is 73.2 cm³/mol. The zero-order valence-corrected chi connectivity index (χ0v) is 11.6. The number of likely N-dealkylation sites (tertiary alicyclic amines) is 1. The van der Waals surface area contributed by atoms with E-state index in [0.29, 0.717) is 12.6 Å². The summed E-state index contributed by atoms with van der Waals surface area (Å²) in [6.07, 6.45) is 6.26. The number of rotatable bonds is 8. The van der Waals surface area contributed by atoms with E-state index in [1.54, 1.807) is 0 Å². The molecule has 0 amide bonds. The van der Waals surface area contributed by atoms with Crippen molar-refractivity contribution < 1.29 is 5.11 Å². The molecule has 0 aliphatic carbocycles. The Morgan fingerprint density at radius 2 is 2.06 bits per heavy atom. The lowest BCUT2D eigenvalue weighted by molar-refractivity contribution is 0.139. The number of unbranched alkanes of at least 4 members (excludes halogenated alkanes) is 1. The largest absolute Gasteiger partial charge is 0.396 e. The summed E-state index contributed by atoms with van der Waals surface area (Å²) in [4.78, 5) is 2.57. The Kier molecular flexibility index (Phi) is 7.82. The summed E-state index contributed by atoms with van der Waals surface area (Å²) in [5.41, 5.74) is 0. The van der Waals surface area contributed by atoms with Gasteiger partial charge in [-0.05, 0) is 38.3 Å². The molecule has 0 aromatic carbocycles. The summed E-state index contributed by atoms with van der Waals surface area (Å²) in [7, 11) is 0. The van der Waals surface area contributed by atoms with Crippen molar-refractivity contribution in [3.05, 3.63) is 0 Å². The maximum Gasteiger partial charge on any atom is 0.0443 e. The fourth-order valence-electron chi connectivity index (χ4n) is 2.80. The van der Waals surface area contributed by atoms with E-state index >= 15 is 0 Å². The Balaban J connectivity index is 2.31. The van der Waals surface area contributed by atoms with E-state index in [-0.39, 0.29) is 0 Å². The zero-order valence-electron chi connectivity index (χ0n) is 11.6. The van der Waals surface area contributed by atoms with E-state index in [9.17, 15) is 0 Å². The maximum absolute atomic E-state index is 8.81. The molecule has 0 bridgehead atoms. The van der Waals surface area contributed by atoms with Gasteiger partial charge in [-0.25, -0.2) is 0 Å². The Labute approximate surface area is 107 Å². The molecule has 1 aliphatic rings. The highest BCUT2D eigenvalue weighted by Gasteiger charge is 2.25. The van der Waals surface area contributed by atoms with Crippen LogP contribution in [-0.2, 0) is 0 Å². The minimum Gasteiger partial charge on any atom is -0.396 e. The van der Waals surface area contributed by atoms with Crippen molar-refractivity contribution in [2.45, 2.75) is 52.0 Å². The first-order chi connectivity index (χ1) is 8.30. The Hall–Kier alpha value is -0.120. The molecule has 102 valence electrons. The van der Waals surface area contributed by atoms with E-state index in [2.05, 4.69) is 24.1 Å². The molecule has 2 N–H and O–H groups in total. The van der Waals surface area contributed by atoms with Crippen LogP contribution in [0.1, 0.15) is 46.0 Å². The minimum atomic E-state index is 0.302. The van der Waals surface area contributed by atoms with Crippen LogP contribution in [0.3, 0.4) is 0 Å². The van der Waals surface area contributed by atoms with Crippen molar-refractivity contribution in [1.29, 1.82) is 0 Å². The van der Waals surface area contributed by atoms with E-state index < -0.39 is 0 Å². The average molecular weight is 242 g/mol. The molecule has 2 unspecified atom stereocenters. The molecule has 1 rings (SSSR count). The third-order valence-corrected chi connectivity index (χ3v) is 3.79. The lowest BCUT2D eigenvalue weighted by Gasteiger charge is -2.38. The van der Waals surface area contributed by atoms with Crippen LogP contribution in [-0.4, -0.2) is 48.8 Å². The number of piperidine rings is 1. The highest BCUT2D eigenvalue weighted by molar-refractivity contribution is 4.83. The predicted octanol–water partition coefficient (Wildman–Crippen LogP) is 1.86. The SMILES string of the molecule is CCCCC1CC(NCCCO)CN(CC)C1. The van der Waals surface area contributed by atoms with Crippen LogP contribution in [0.15, 0.2) is 0 Å². The van der Waals surface area contributed by atoms with Gasteiger partial charge in [-0.2, -0.15) is 0 Å². The van der Waals surface area contributed by atoms with Gasteiger partial charge in [0.1, 0.15) is 0 Å². The molecule has 1 saturated heterocycles. The van der Waals surface area contributed by atoms with E-state index in [1.165, 1.54) is 45.3 Å². The quantitative estimate of drug-likeness (QED) is 0.638. The van der Waals surface area contributed by atoms with E-state index in [1.807, 2.05) is 0 Å². The molecule has 0 aromatic rings. The number of aliphatic hydroxyl groups excluding tert-OH is 1. The molecule has 2 atom stereocenters. The van der Waals surface area contributed by atoms with Gasteiger partial charge < -0.3 is 15.3 Å². The number of hydrogen-bond acceptors (Lipinski definition) is 3. The van der Waals surface area contributed by atoms with Crippen LogP contribution in [0.4, 0.5) is 0 Å². The van der Waals surface area contributed by atoms with Crippen LogP contribution in [0.2, 0.25) is 0 Å². The fourth-order valence-corrected chi connectivity index (χ4v) is 2.80. The maximum atomic E-state index is 8.81. The second-order valence-corrected chi connectivity index (χ2v) is 5.32. The number of nitrogens with zero attached hydrogens (tertiary/aromatic N) is 1. The number of aliphatic hydroxyl groups is 1. The van der Waals surface area contributed by atoms with Crippen LogP contribution in [0.5, 0.6) is 0 Å². The lowest BCUT2D eigenvalue weighted by atomic mass is 9.90.